The van der Waals surface area contributed by atoms with Gasteiger partial charge in [0.05, 0.1) is 44.5 Å². The molecule has 0 saturated heterocycles. The molecule has 16 rings (SSSR count). The third-order valence-electron chi connectivity index (χ3n) is 16.7. The molecular formula is C80H54N6. The maximum Gasteiger partial charge on any atom is 0.0973 e. The average Bonchev–Trinajstić information content (AvgIpc) is 1.81. The third kappa shape index (κ3) is 8.92. The van der Waals surface area contributed by atoms with E-state index < -0.39 is 0 Å². The Kier molecular flexibility index (Phi) is 12.4. The average molecular weight is 1100 g/mol. The van der Waals surface area contributed by atoms with Crippen molar-refractivity contribution in [2.24, 2.45) is 0 Å². The summed E-state index contributed by atoms with van der Waals surface area (Å²) in [4.78, 5) is 15.5. The van der Waals surface area contributed by atoms with Gasteiger partial charge in [0.15, 0.2) is 0 Å². The van der Waals surface area contributed by atoms with Gasteiger partial charge in [0.1, 0.15) is 0 Å². The lowest BCUT2D eigenvalue weighted by Gasteiger charge is -2.26. The van der Waals surface area contributed by atoms with E-state index in [1.165, 1.54) is 43.8 Å². The Morgan fingerprint density at radius 1 is 0.209 bits per heavy atom. The van der Waals surface area contributed by atoms with E-state index in [-0.39, 0.29) is 0 Å². The first-order valence-corrected chi connectivity index (χ1v) is 29.2. The number of anilines is 6. The fraction of sp³-hybridized carbons (Fsp3) is 0. The highest BCUT2D eigenvalue weighted by molar-refractivity contribution is 6.13. The van der Waals surface area contributed by atoms with Gasteiger partial charge in [-0.1, -0.05) is 182 Å². The molecule has 0 unspecified atom stereocenters. The minimum Gasteiger partial charge on any atom is -0.310 e. The minimum atomic E-state index is 0.814. The van der Waals surface area contributed by atoms with E-state index in [1.54, 1.807) is 0 Å². The fourth-order valence-corrected chi connectivity index (χ4v) is 12.6. The molecule has 0 saturated carbocycles. The molecule has 0 aliphatic carbocycles. The maximum absolute atomic E-state index is 5.40. The Morgan fingerprint density at radius 3 is 0.860 bits per heavy atom. The minimum absolute atomic E-state index is 0.814. The molecule has 3 aromatic heterocycles. The molecule has 0 aliphatic heterocycles. The van der Waals surface area contributed by atoms with Gasteiger partial charge in [-0.15, -0.1) is 0 Å². The molecule has 0 bridgehead atoms. The van der Waals surface area contributed by atoms with Crippen molar-refractivity contribution < 1.29 is 0 Å². The third-order valence-corrected chi connectivity index (χ3v) is 16.7. The van der Waals surface area contributed by atoms with Crippen molar-refractivity contribution >= 4 is 88.8 Å². The van der Waals surface area contributed by atoms with Gasteiger partial charge in [0, 0.05) is 78.2 Å². The van der Waals surface area contributed by atoms with Gasteiger partial charge in [0.2, 0.25) is 0 Å². The monoisotopic (exact) mass is 1100 g/mol. The van der Waals surface area contributed by atoms with E-state index in [2.05, 4.69) is 322 Å². The predicted octanol–water partition coefficient (Wildman–Crippen LogP) is 21.4. The molecule has 3 heterocycles. The van der Waals surface area contributed by atoms with Gasteiger partial charge in [-0.3, -0.25) is 0 Å². The highest BCUT2D eigenvalue weighted by Gasteiger charge is 2.22. The molecule has 13 aromatic carbocycles. The quantitative estimate of drug-likeness (QED) is 0.122. The summed E-state index contributed by atoms with van der Waals surface area (Å²) in [6.45, 7) is 0. The molecule has 16 aromatic rings. The van der Waals surface area contributed by atoms with E-state index in [1.807, 2.05) is 24.3 Å². The Hall–Kier alpha value is -11.6. The van der Waals surface area contributed by atoms with Crippen molar-refractivity contribution in [3.05, 3.63) is 328 Å². The zero-order valence-corrected chi connectivity index (χ0v) is 46.9. The maximum atomic E-state index is 5.40. The van der Waals surface area contributed by atoms with Crippen LogP contribution in [-0.4, -0.2) is 19.1 Å². The van der Waals surface area contributed by atoms with Gasteiger partial charge in [-0.2, -0.15) is 0 Å². The van der Waals surface area contributed by atoms with Crippen molar-refractivity contribution in [2.45, 2.75) is 0 Å². The first-order chi connectivity index (χ1) is 42.6. The van der Waals surface area contributed by atoms with Crippen LogP contribution in [0.15, 0.2) is 328 Å². The second-order valence-corrected chi connectivity index (χ2v) is 21.8. The van der Waals surface area contributed by atoms with Crippen molar-refractivity contribution in [3.63, 3.8) is 0 Å². The first-order valence-electron chi connectivity index (χ1n) is 29.2. The topological polar surface area (TPSA) is 42.1 Å². The Balaban J connectivity index is 0.790. The zero-order chi connectivity index (χ0) is 56.9. The van der Waals surface area contributed by atoms with Crippen LogP contribution in [0.3, 0.4) is 0 Å². The summed E-state index contributed by atoms with van der Waals surface area (Å²) in [5.41, 5.74) is 23.1. The second-order valence-electron chi connectivity index (χ2n) is 21.8. The van der Waals surface area contributed by atoms with Crippen molar-refractivity contribution in [1.29, 1.82) is 0 Å². The van der Waals surface area contributed by atoms with Gasteiger partial charge >= 0.3 is 0 Å². The first kappa shape index (κ1) is 50.2. The Morgan fingerprint density at radius 2 is 0.488 bits per heavy atom. The molecular weight excluding hydrogens is 1040 g/mol. The van der Waals surface area contributed by atoms with Crippen molar-refractivity contribution in [3.8, 4) is 56.1 Å². The van der Waals surface area contributed by atoms with Crippen LogP contribution >= 0.6 is 0 Å². The van der Waals surface area contributed by atoms with Crippen LogP contribution in [0.25, 0.3) is 111 Å². The molecule has 6 heteroatoms. The van der Waals surface area contributed by atoms with Gasteiger partial charge < -0.3 is 18.9 Å². The van der Waals surface area contributed by atoms with Crippen LogP contribution in [0.1, 0.15) is 0 Å². The van der Waals surface area contributed by atoms with Crippen LogP contribution in [-0.2, 0) is 0 Å². The summed E-state index contributed by atoms with van der Waals surface area (Å²) in [6.07, 6.45) is 0. The summed E-state index contributed by atoms with van der Waals surface area (Å²) in [6, 6.07) is 117. The molecule has 0 fully saturated rings. The SMILES string of the molecule is c1ccc(-c2ccc3c(c2)c2cc(N(c4ccccc4)c4ccc(-c5nc6ccccc6nc5-c5ccc(N(c6ccccc6)c6ccc7c(c6)c6cc(-c8ccccc8)ccc6n7-c6ccccc6)cc5)cc4)ccc2n3-c2ccccc2)cc1. The predicted molar refractivity (Wildman–Crippen MR) is 359 cm³/mol. The number of fused-ring (bicyclic) bond motifs is 7. The lowest BCUT2D eigenvalue weighted by Crippen LogP contribution is -2.10. The largest absolute Gasteiger partial charge is 0.310 e. The van der Waals surface area contributed by atoms with Crippen LogP contribution in [0.5, 0.6) is 0 Å². The molecule has 0 atom stereocenters. The lowest BCUT2D eigenvalue weighted by atomic mass is 10.0. The summed E-state index contributed by atoms with van der Waals surface area (Å²) in [5, 5.41) is 4.75. The number of benzene rings is 13. The highest BCUT2D eigenvalue weighted by Crippen LogP contribution is 2.45. The number of aromatic nitrogens is 4. The molecule has 86 heavy (non-hydrogen) atoms. The number of hydrogen-bond acceptors (Lipinski definition) is 4. The van der Waals surface area contributed by atoms with E-state index >= 15 is 0 Å². The molecule has 0 N–H and O–H groups in total. The molecule has 0 amide bonds. The normalized spacial score (nSPS) is 11.5. The van der Waals surface area contributed by atoms with Crippen molar-refractivity contribution in [1.82, 2.24) is 19.1 Å². The second kappa shape index (κ2) is 21.3. The number of hydrogen-bond donors (Lipinski definition) is 0. The van der Waals surface area contributed by atoms with E-state index in [4.69, 9.17) is 9.97 Å². The lowest BCUT2D eigenvalue weighted by molar-refractivity contribution is 1.18. The smallest absolute Gasteiger partial charge is 0.0973 e. The van der Waals surface area contributed by atoms with Gasteiger partial charge in [-0.25, -0.2) is 9.97 Å². The molecule has 6 nitrogen and oxygen atoms in total. The van der Waals surface area contributed by atoms with E-state index in [9.17, 15) is 0 Å². The molecule has 404 valence electrons. The van der Waals surface area contributed by atoms with Crippen LogP contribution in [0, 0.1) is 0 Å². The standard InChI is InChI=1S/C80H54N6/c1-7-21-55(22-8-1)59-39-47-75-69(51-59)71-53-67(45-49-77(71)85(75)63-29-15-5-16-30-63)83(61-25-11-3-12-26-61)65-41-35-57(36-42-65)79-80(82-74-34-20-19-33-73(74)81-79)58-37-43-66(44-38-58)84(62-27-13-4-14-28-62)68-46-50-78-72(54-68)70-52-60(56-23-9-2-10-24-56)40-48-76(70)86(78)64-31-17-6-18-32-64/h1-54H. The summed E-state index contributed by atoms with van der Waals surface area (Å²) >= 11 is 0. The Labute approximate surface area is 498 Å². The highest BCUT2D eigenvalue weighted by atomic mass is 15.1. The molecule has 0 radical (unpaired) electrons. The molecule has 0 aliphatic rings. The van der Waals surface area contributed by atoms with E-state index in [0.717, 1.165) is 101 Å². The Bertz CT molecular complexity index is 4800. The fourth-order valence-electron chi connectivity index (χ4n) is 12.6. The van der Waals surface area contributed by atoms with E-state index in [0.29, 0.717) is 0 Å². The van der Waals surface area contributed by atoms with Gasteiger partial charge in [0.25, 0.3) is 0 Å². The number of para-hydroxylation sites is 6. The summed E-state index contributed by atoms with van der Waals surface area (Å²) in [7, 11) is 0. The molecule has 0 spiro atoms. The van der Waals surface area contributed by atoms with Gasteiger partial charge in [-0.05, 0) is 168 Å². The number of rotatable bonds is 12. The summed E-state index contributed by atoms with van der Waals surface area (Å²) in [5.74, 6) is 0. The van der Waals surface area contributed by atoms with Crippen molar-refractivity contribution in [2.75, 3.05) is 9.80 Å². The zero-order valence-electron chi connectivity index (χ0n) is 46.9. The van der Waals surface area contributed by atoms with Crippen LogP contribution < -0.4 is 9.80 Å². The van der Waals surface area contributed by atoms with Crippen LogP contribution in [0.4, 0.5) is 34.1 Å². The van der Waals surface area contributed by atoms with Crippen LogP contribution in [0.2, 0.25) is 0 Å². The number of nitrogens with zero attached hydrogens (tertiary/aromatic N) is 6. The summed E-state index contributed by atoms with van der Waals surface area (Å²) < 4.78 is 4.77.